The van der Waals surface area contributed by atoms with Crippen LogP contribution in [-0.4, -0.2) is 11.5 Å². The Morgan fingerprint density at radius 1 is 1.46 bits per heavy atom. The van der Waals surface area contributed by atoms with Gasteiger partial charge in [0.25, 0.3) is 0 Å². The maximum atomic E-state index is 4.31. The molecule has 1 aliphatic heterocycles. The molecule has 0 amide bonds. The first kappa shape index (κ1) is 8.54. The first-order valence-electron chi connectivity index (χ1n) is 4.78. The molecular formula is C11H16N2. The molecule has 0 aliphatic carbocycles. The molecular weight excluding hydrogens is 160 g/mol. The van der Waals surface area contributed by atoms with Gasteiger partial charge in [-0.05, 0) is 17.0 Å². The molecule has 1 N–H and O–H groups in total. The molecule has 0 spiro atoms. The largest absolute Gasteiger partial charge is 0.369 e. The zero-order valence-electron chi connectivity index (χ0n) is 8.46. The highest BCUT2D eigenvalue weighted by atomic mass is 15.0. The van der Waals surface area contributed by atoms with Crippen molar-refractivity contribution >= 4 is 5.82 Å². The number of nitrogens with one attached hydrogen (secondary N) is 1. The Morgan fingerprint density at radius 3 is 2.92 bits per heavy atom. The van der Waals surface area contributed by atoms with Crippen molar-refractivity contribution in [2.75, 3.05) is 11.9 Å². The summed E-state index contributed by atoms with van der Waals surface area (Å²) in [7, 11) is 0. The summed E-state index contributed by atoms with van der Waals surface area (Å²) in [4.78, 5) is 4.31. The molecule has 0 saturated carbocycles. The van der Waals surface area contributed by atoms with Gasteiger partial charge in [-0.3, -0.25) is 0 Å². The Morgan fingerprint density at radius 2 is 2.23 bits per heavy atom. The Kier molecular flexibility index (Phi) is 1.79. The Labute approximate surface area is 79.4 Å². The fourth-order valence-electron chi connectivity index (χ4n) is 1.93. The maximum absolute atomic E-state index is 4.31. The Hall–Kier alpha value is -1.05. The van der Waals surface area contributed by atoms with Crippen LogP contribution in [0, 0.1) is 5.41 Å². The Bertz CT molecular complexity index is 312. The van der Waals surface area contributed by atoms with Crippen LogP contribution >= 0.6 is 0 Å². The second kappa shape index (κ2) is 2.72. The summed E-state index contributed by atoms with van der Waals surface area (Å²) in [6.07, 6.45) is 1.84. The van der Waals surface area contributed by atoms with E-state index in [1.807, 2.05) is 12.3 Å². The molecule has 1 aromatic heterocycles. The lowest BCUT2D eigenvalue weighted by atomic mass is 9.78. The number of aromatic nitrogens is 1. The van der Waals surface area contributed by atoms with Gasteiger partial charge in [-0.15, -0.1) is 0 Å². The number of fused-ring (bicyclic) bond motifs is 1. The van der Waals surface area contributed by atoms with Gasteiger partial charge < -0.3 is 5.32 Å². The van der Waals surface area contributed by atoms with Gasteiger partial charge >= 0.3 is 0 Å². The van der Waals surface area contributed by atoms with Crippen molar-refractivity contribution in [1.29, 1.82) is 0 Å². The molecule has 0 aromatic carbocycles. The van der Waals surface area contributed by atoms with Gasteiger partial charge in [0.15, 0.2) is 0 Å². The van der Waals surface area contributed by atoms with Crippen LogP contribution in [0.15, 0.2) is 18.3 Å². The van der Waals surface area contributed by atoms with Crippen LogP contribution in [0.5, 0.6) is 0 Å². The van der Waals surface area contributed by atoms with E-state index in [4.69, 9.17) is 0 Å². The first-order valence-corrected chi connectivity index (χ1v) is 4.78. The number of hydrogen-bond acceptors (Lipinski definition) is 2. The summed E-state index contributed by atoms with van der Waals surface area (Å²) in [5, 5.41) is 3.35. The van der Waals surface area contributed by atoms with Crippen LogP contribution in [0.1, 0.15) is 32.3 Å². The molecule has 0 saturated heterocycles. The van der Waals surface area contributed by atoms with Crippen LogP contribution < -0.4 is 5.32 Å². The highest BCUT2D eigenvalue weighted by Crippen LogP contribution is 2.41. The van der Waals surface area contributed by atoms with Crippen molar-refractivity contribution in [2.24, 2.45) is 5.41 Å². The predicted octanol–water partition coefficient (Wildman–Crippen LogP) is 2.64. The predicted molar refractivity (Wildman–Crippen MR) is 54.9 cm³/mol. The van der Waals surface area contributed by atoms with Gasteiger partial charge in [0.2, 0.25) is 0 Å². The zero-order chi connectivity index (χ0) is 9.47. The maximum Gasteiger partial charge on any atom is 0.129 e. The van der Waals surface area contributed by atoms with E-state index in [-0.39, 0.29) is 0 Å². The molecule has 2 nitrogen and oxygen atoms in total. The standard InChI is InChI=1S/C11H16N2/c1-11(2,3)9-7-13-10-8(9)5-4-6-12-10/h4-6,9H,7H2,1-3H3,(H,12,13). The summed E-state index contributed by atoms with van der Waals surface area (Å²) < 4.78 is 0. The number of hydrogen-bond donors (Lipinski definition) is 1. The van der Waals surface area contributed by atoms with E-state index in [0.717, 1.165) is 12.4 Å². The molecule has 70 valence electrons. The zero-order valence-corrected chi connectivity index (χ0v) is 8.46. The van der Waals surface area contributed by atoms with Gasteiger partial charge in [0, 0.05) is 18.7 Å². The molecule has 0 bridgehead atoms. The fourth-order valence-corrected chi connectivity index (χ4v) is 1.93. The molecule has 1 unspecified atom stereocenters. The average Bonchev–Trinajstić information content (AvgIpc) is 2.45. The van der Waals surface area contributed by atoms with E-state index in [2.05, 4.69) is 37.1 Å². The van der Waals surface area contributed by atoms with Crippen molar-refractivity contribution in [3.63, 3.8) is 0 Å². The number of pyridine rings is 1. The van der Waals surface area contributed by atoms with Crippen molar-refractivity contribution in [3.05, 3.63) is 23.9 Å². The summed E-state index contributed by atoms with van der Waals surface area (Å²) in [5.41, 5.74) is 1.69. The third-order valence-corrected chi connectivity index (χ3v) is 2.73. The monoisotopic (exact) mass is 176 g/mol. The summed E-state index contributed by atoms with van der Waals surface area (Å²) in [6.45, 7) is 7.86. The lowest BCUT2D eigenvalue weighted by Crippen LogP contribution is -2.19. The van der Waals surface area contributed by atoms with E-state index in [9.17, 15) is 0 Å². The molecule has 1 aromatic rings. The SMILES string of the molecule is CC(C)(C)C1CNc2ncccc21. The smallest absolute Gasteiger partial charge is 0.129 e. The van der Waals surface area contributed by atoms with E-state index in [0.29, 0.717) is 11.3 Å². The molecule has 1 atom stereocenters. The summed E-state index contributed by atoms with van der Waals surface area (Å²) in [6, 6.07) is 4.20. The molecule has 0 radical (unpaired) electrons. The lowest BCUT2D eigenvalue weighted by molar-refractivity contribution is 0.339. The third kappa shape index (κ3) is 1.41. The fraction of sp³-hybridized carbons (Fsp3) is 0.545. The highest BCUT2D eigenvalue weighted by molar-refractivity contribution is 5.52. The minimum atomic E-state index is 0.321. The average molecular weight is 176 g/mol. The summed E-state index contributed by atoms with van der Waals surface area (Å²) >= 11 is 0. The lowest BCUT2D eigenvalue weighted by Gasteiger charge is -2.26. The first-order chi connectivity index (χ1) is 6.09. The topological polar surface area (TPSA) is 24.9 Å². The van der Waals surface area contributed by atoms with Crippen LogP contribution in [0.2, 0.25) is 0 Å². The van der Waals surface area contributed by atoms with E-state index < -0.39 is 0 Å². The van der Waals surface area contributed by atoms with Crippen LogP contribution in [-0.2, 0) is 0 Å². The van der Waals surface area contributed by atoms with E-state index in [1.165, 1.54) is 5.56 Å². The molecule has 0 fully saturated rings. The van der Waals surface area contributed by atoms with Gasteiger partial charge in [-0.1, -0.05) is 26.8 Å². The highest BCUT2D eigenvalue weighted by Gasteiger charge is 2.32. The van der Waals surface area contributed by atoms with Crippen LogP contribution in [0.4, 0.5) is 5.82 Å². The molecule has 13 heavy (non-hydrogen) atoms. The quantitative estimate of drug-likeness (QED) is 0.657. The molecule has 1 aliphatic rings. The van der Waals surface area contributed by atoms with Crippen molar-refractivity contribution in [1.82, 2.24) is 4.98 Å². The minimum absolute atomic E-state index is 0.321. The van der Waals surface area contributed by atoms with E-state index in [1.54, 1.807) is 0 Å². The van der Waals surface area contributed by atoms with Gasteiger partial charge in [-0.2, -0.15) is 0 Å². The van der Waals surface area contributed by atoms with Crippen molar-refractivity contribution < 1.29 is 0 Å². The van der Waals surface area contributed by atoms with Crippen molar-refractivity contribution in [3.8, 4) is 0 Å². The van der Waals surface area contributed by atoms with Crippen LogP contribution in [0.3, 0.4) is 0 Å². The molecule has 2 heteroatoms. The number of nitrogens with zero attached hydrogens (tertiary/aromatic N) is 1. The summed E-state index contributed by atoms with van der Waals surface area (Å²) in [5.74, 6) is 1.67. The van der Waals surface area contributed by atoms with Crippen LogP contribution in [0.25, 0.3) is 0 Å². The minimum Gasteiger partial charge on any atom is -0.369 e. The number of anilines is 1. The Balaban J connectivity index is 2.39. The van der Waals surface area contributed by atoms with Gasteiger partial charge in [0.05, 0.1) is 0 Å². The second-order valence-electron chi connectivity index (χ2n) is 4.74. The number of rotatable bonds is 0. The van der Waals surface area contributed by atoms with Gasteiger partial charge in [-0.25, -0.2) is 4.98 Å². The third-order valence-electron chi connectivity index (χ3n) is 2.73. The molecule has 2 heterocycles. The van der Waals surface area contributed by atoms with Crippen molar-refractivity contribution in [2.45, 2.75) is 26.7 Å². The second-order valence-corrected chi connectivity index (χ2v) is 4.74. The van der Waals surface area contributed by atoms with E-state index >= 15 is 0 Å². The normalized spacial score (nSPS) is 21.0. The van der Waals surface area contributed by atoms with Gasteiger partial charge in [0.1, 0.15) is 5.82 Å². The molecule has 2 rings (SSSR count).